The summed E-state index contributed by atoms with van der Waals surface area (Å²) in [4.78, 5) is 33.3. The number of aliphatic carboxylic acids is 1. The van der Waals surface area contributed by atoms with Gasteiger partial charge in [-0.15, -0.1) is 0 Å². The van der Waals surface area contributed by atoms with Gasteiger partial charge in [-0.3, -0.25) is 4.79 Å². The average molecular weight is 287 g/mol. The summed E-state index contributed by atoms with van der Waals surface area (Å²) in [5.74, 6) is -1.81. The van der Waals surface area contributed by atoms with E-state index in [4.69, 9.17) is 15.6 Å². The van der Waals surface area contributed by atoms with Crippen LogP contribution in [-0.2, 0) is 14.3 Å². The van der Waals surface area contributed by atoms with Crippen LogP contribution in [0.5, 0.6) is 0 Å². The van der Waals surface area contributed by atoms with Crippen molar-refractivity contribution in [3.05, 3.63) is 0 Å². The van der Waals surface area contributed by atoms with Crippen LogP contribution in [0.15, 0.2) is 0 Å². The third-order valence-electron chi connectivity index (χ3n) is 3.16. The van der Waals surface area contributed by atoms with Crippen molar-refractivity contribution < 1.29 is 24.2 Å². The highest BCUT2D eigenvalue weighted by atomic mass is 16.5. The first-order chi connectivity index (χ1) is 9.40. The largest absolute Gasteiger partial charge is 0.480 e. The summed E-state index contributed by atoms with van der Waals surface area (Å²) in [5.41, 5.74) is 4.96. The predicted molar refractivity (Wildman–Crippen MR) is 70.0 cm³/mol. The van der Waals surface area contributed by atoms with Gasteiger partial charge in [-0.05, 0) is 26.2 Å². The van der Waals surface area contributed by atoms with Crippen LogP contribution in [-0.4, -0.2) is 47.8 Å². The van der Waals surface area contributed by atoms with E-state index in [1.54, 1.807) is 6.92 Å². The molecule has 3 amide bonds. The topological polar surface area (TPSA) is 131 Å². The van der Waals surface area contributed by atoms with Gasteiger partial charge < -0.3 is 26.2 Å². The van der Waals surface area contributed by atoms with Gasteiger partial charge in [-0.2, -0.15) is 0 Å². The Morgan fingerprint density at radius 3 is 2.60 bits per heavy atom. The second-order valence-electron chi connectivity index (χ2n) is 4.85. The van der Waals surface area contributed by atoms with E-state index in [1.165, 1.54) is 0 Å². The molecule has 0 bridgehead atoms. The van der Waals surface area contributed by atoms with Gasteiger partial charge in [0.25, 0.3) is 0 Å². The first-order valence-electron chi connectivity index (χ1n) is 6.60. The number of carbonyl (C=O) groups is 3. The number of nitrogens with one attached hydrogen (secondary N) is 2. The molecule has 2 unspecified atom stereocenters. The number of amides is 3. The normalized spacial score (nSPS) is 20.9. The van der Waals surface area contributed by atoms with Gasteiger partial charge in [-0.25, -0.2) is 9.59 Å². The molecule has 1 aliphatic heterocycles. The fraction of sp³-hybridized carbons (Fsp3) is 0.750. The number of urea groups is 1. The Morgan fingerprint density at radius 2 is 2.10 bits per heavy atom. The van der Waals surface area contributed by atoms with Crippen molar-refractivity contribution >= 4 is 17.9 Å². The number of carboxylic acids is 1. The second kappa shape index (κ2) is 7.68. The van der Waals surface area contributed by atoms with E-state index in [1.807, 2.05) is 0 Å². The summed E-state index contributed by atoms with van der Waals surface area (Å²) in [6, 6.07) is -1.94. The van der Waals surface area contributed by atoms with E-state index >= 15 is 0 Å². The number of hydrogen-bond acceptors (Lipinski definition) is 4. The monoisotopic (exact) mass is 287 g/mol. The lowest BCUT2D eigenvalue weighted by Gasteiger charge is -2.21. The molecular formula is C12H21N3O5. The highest BCUT2D eigenvalue weighted by molar-refractivity contribution is 5.83. The summed E-state index contributed by atoms with van der Waals surface area (Å²) in [5, 5.41) is 13.9. The van der Waals surface area contributed by atoms with E-state index in [2.05, 4.69) is 10.6 Å². The molecule has 0 saturated carbocycles. The molecule has 5 N–H and O–H groups in total. The standard InChI is InChI=1S/C12H21N3O5/c1-7(9-3-2-6-20-9)14-12(19)15-8(11(17)18)4-5-10(13)16/h7-9H,2-6H2,1H3,(H2,13,16)(H,17,18)(H2,14,15,19)/t7?,8-,9?/m1/s1. The summed E-state index contributed by atoms with van der Waals surface area (Å²) in [6.45, 7) is 2.48. The van der Waals surface area contributed by atoms with Gasteiger partial charge in [0.05, 0.1) is 12.1 Å². The van der Waals surface area contributed by atoms with Crippen molar-refractivity contribution in [2.45, 2.75) is 50.8 Å². The van der Waals surface area contributed by atoms with E-state index in [0.717, 1.165) is 12.8 Å². The first kappa shape index (κ1) is 16.2. The maximum atomic E-state index is 11.7. The number of hydrogen-bond donors (Lipinski definition) is 4. The van der Waals surface area contributed by atoms with Crippen LogP contribution in [0, 0.1) is 0 Å². The van der Waals surface area contributed by atoms with Gasteiger partial charge in [0.1, 0.15) is 6.04 Å². The zero-order valence-corrected chi connectivity index (χ0v) is 11.4. The molecule has 0 aromatic heterocycles. The Bertz CT molecular complexity index is 368. The Hall–Kier alpha value is -1.83. The maximum Gasteiger partial charge on any atom is 0.326 e. The van der Waals surface area contributed by atoms with Gasteiger partial charge in [0, 0.05) is 13.0 Å². The predicted octanol–water partition coefficient (Wildman–Crippen LogP) is -0.428. The summed E-state index contributed by atoms with van der Waals surface area (Å²) < 4.78 is 5.43. The molecule has 1 heterocycles. The molecule has 8 heteroatoms. The lowest BCUT2D eigenvalue weighted by Crippen LogP contribution is -2.51. The molecule has 0 spiro atoms. The Balaban J connectivity index is 2.40. The smallest absolute Gasteiger partial charge is 0.326 e. The molecule has 0 aliphatic carbocycles. The highest BCUT2D eigenvalue weighted by Crippen LogP contribution is 2.15. The van der Waals surface area contributed by atoms with E-state index in [0.29, 0.717) is 6.61 Å². The van der Waals surface area contributed by atoms with Gasteiger partial charge >= 0.3 is 12.0 Å². The quantitative estimate of drug-likeness (QED) is 0.504. The number of primary amides is 1. The minimum Gasteiger partial charge on any atom is -0.480 e. The van der Waals surface area contributed by atoms with Crippen LogP contribution < -0.4 is 16.4 Å². The minimum absolute atomic E-state index is 0.0353. The van der Waals surface area contributed by atoms with Gasteiger partial charge in [-0.1, -0.05) is 0 Å². The average Bonchev–Trinajstić information content (AvgIpc) is 2.87. The Labute approximate surface area is 117 Å². The molecule has 1 fully saturated rings. The summed E-state index contributed by atoms with van der Waals surface area (Å²) in [6.07, 6.45) is 1.64. The zero-order valence-electron chi connectivity index (χ0n) is 11.4. The molecule has 0 aromatic carbocycles. The van der Waals surface area contributed by atoms with Crippen LogP contribution in [0.2, 0.25) is 0 Å². The molecule has 0 radical (unpaired) electrons. The molecule has 1 saturated heterocycles. The Morgan fingerprint density at radius 1 is 1.40 bits per heavy atom. The highest BCUT2D eigenvalue weighted by Gasteiger charge is 2.26. The number of ether oxygens (including phenoxy) is 1. The second-order valence-corrected chi connectivity index (χ2v) is 4.85. The number of nitrogens with two attached hydrogens (primary N) is 1. The molecule has 1 aliphatic rings. The SMILES string of the molecule is CC(NC(=O)N[C@H](CCC(N)=O)C(=O)O)C1CCCO1. The molecule has 0 aromatic rings. The van der Waals surface area contributed by atoms with Crippen LogP contribution >= 0.6 is 0 Å². The molecule has 114 valence electrons. The van der Waals surface area contributed by atoms with Crippen LogP contribution in [0.4, 0.5) is 4.79 Å². The molecule has 1 rings (SSSR count). The number of carboxylic acid groups (broad SMARTS) is 1. The molecule has 8 nitrogen and oxygen atoms in total. The van der Waals surface area contributed by atoms with E-state index in [-0.39, 0.29) is 25.0 Å². The molecular weight excluding hydrogens is 266 g/mol. The van der Waals surface area contributed by atoms with Gasteiger partial charge in [0.2, 0.25) is 5.91 Å². The molecule has 3 atom stereocenters. The van der Waals surface area contributed by atoms with Crippen molar-refractivity contribution in [3.8, 4) is 0 Å². The van der Waals surface area contributed by atoms with Crippen molar-refractivity contribution in [1.29, 1.82) is 0 Å². The van der Waals surface area contributed by atoms with Crippen LogP contribution in [0.3, 0.4) is 0 Å². The van der Waals surface area contributed by atoms with Crippen molar-refractivity contribution in [3.63, 3.8) is 0 Å². The maximum absolute atomic E-state index is 11.7. The Kier molecular flexibility index (Phi) is 6.23. The minimum atomic E-state index is -1.20. The number of carbonyl (C=O) groups excluding carboxylic acids is 2. The lowest BCUT2D eigenvalue weighted by molar-refractivity contribution is -0.139. The van der Waals surface area contributed by atoms with Gasteiger partial charge in [0.15, 0.2) is 0 Å². The third kappa shape index (κ3) is 5.43. The van der Waals surface area contributed by atoms with Crippen molar-refractivity contribution in [1.82, 2.24) is 10.6 Å². The lowest BCUT2D eigenvalue weighted by atomic mass is 10.1. The zero-order chi connectivity index (χ0) is 15.1. The first-order valence-corrected chi connectivity index (χ1v) is 6.60. The number of rotatable bonds is 7. The molecule has 20 heavy (non-hydrogen) atoms. The fourth-order valence-electron chi connectivity index (χ4n) is 2.04. The van der Waals surface area contributed by atoms with Crippen LogP contribution in [0.25, 0.3) is 0 Å². The van der Waals surface area contributed by atoms with E-state index in [9.17, 15) is 14.4 Å². The van der Waals surface area contributed by atoms with Crippen LogP contribution in [0.1, 0.15) is 32.6 Å². The van der Waals surface area contributed by atoms with Crippen molar-refractivity contribution in [2.75, 3.05) is 6.61 Å². The van der Waals surface area contributed by atoms with Crippen molar-refractivity contribution in [2.24, 2.45) is 5.73 Å². The van der Waals surface area contributed by atoms with E-state index < -0.39 is 23.9 Å². The third-order valence-corrected chi connectivity index (χ3v) is 3.16. The summed E-state index contributed by atoms with van der Waals surface area (Å²) >= 11 is 0. The fourth-order valence-corrected chi connectivity index (χ4v) is 2.04. The summed E-state index contributed by atoms with van der Waals surface area (Å²) in [7, 11) is 0.